The van der Waals surface area contributed by atoms with Crippen molar-refractivity contribution in [3.8, 4) is 5.75 Å². The van der Waals surface area contributed by atoms with Gasteiger partial charge < -0.3 is 14.6 Å². The zero-order chi connectivity index (χ0) is 22.5. The SMILES string of the molecule is CCCCCc1cc(CO)c(CC/C=C(/C)CCC=C(C)C)c(OC)c1C(=O)OC. The molecule has 0 aliphatic heterocycles. The minimum absolute atomic E-state index is 0.0722. The molecule has 1 aromatic rings. The van der Waals surface area contributed by atoms with Crippen molar-refractivity contribution in [2.75, 3.05) is 14.2 Å². The molecule has 0 aliphatic rings. The molecule has 4 heteroatoms. The fourth-order valence-electron chi connectivity index (χ4n) is 3.69. The van der Waals surface area contributed by atoms with Crippen LogP contribution in [-0.4, -0.2) is 25.3 Å². The van der Waals surface area contributed by atoms with Gasteiger partial charge in [0.05, 0.1) is 20.8 Å². The van der Waals surface area contributed by atoms with Gasteiger partial charge in [0.25, 0.3) is 0 Å². The standard InChI is InChI=1S/C26H40O4/c1-7-8-9-15-21-17-22(18-27)23(25(29-5)24(21)26(28)30-6)16-11-14-20(4)13-10-12-19(2)3/h12,14,17,27H,7-11,13,15-16,18H2,1-6H3/b20-14-. The van der Waals surface area contributed by atoms with Crippen LogP contribution in [0.25, 0.3) is 0 Å². The van der Waals surface area contributed by atoms with E-state index >= 15 is 0 Å². The molecule has 0 bridgehead atoms. The Morgan fingerprint density at radius 1 is 1.03 bits per heavy atom. The van der Waals surface area contributed by atoms with Crippen molar-refractivity contribution in [1.82, 2.24) is 0 Å². The van der Waals surface area contributed by atoms with Gasteiger partial charge in [0, 0.05) is 5.56 Å². The van der Waals surface area contributed by atoms with E-state index in [9.17, 15) is 9.90 Å². The van der Waals surface area contributed by atoms with E-state index in [0.717, 1.165) is 61.6 Å². The van der Waals surface area contributed by atoms with Crippen LogP contribution in [-0.2, 0) is 24.2 Å². The second-order valence-corrected chi connectivity index (χ2v) is 8.10. The van der Waals surface area contributed by atoms with Crippen molar-refractivity contribution >= 4 is 5.97 Å². The lowest BCUT2D eigenvalue weighted by molar-refractivity contribution is 0.0595. The van der Waals surface area contributed by atoms with Gasteiger partial charge in [0.15, 0.2) is 0 Å². The lowest BCUT2D eigenvalue weighted by Gasteiger charge is -2.19. The Hall–Kier alpha value is -2.07. The molecule has 168 valence electrons. The van der Waals surface area contributed by atoms with Crippen LogP contribution >= 0.6 is 0 Å². The van der Waals surface area contributed by atoms with E-state index < -0.39 is 0 Å². The Bertz CT molecular complexity index is 740. The van der Waals surface area contributed by atoms with E-state index in [0.29, 0.717) is 17.7 Å². The molecule has 0 atom stereocenters. The summed E-state index contributed by atoms with van der Waals surface area (Å²) in [6.45, 7) is 8.47. The van der Waals surface area contributed by atoms with Crippen molar-refractivity contribution in [2.24, 2.45) is 0 Å². The van der Waals surface area contributed by atoms with Crippen LogP contribution in [0, 0.1) is 0 Å². The van der Waals surface area contributed by atoms with E-state index in [4.69, 9.17) is 9.47 Å². The second kappa shape index (κ2) is 14.0. The van der Waals surface area contributed by atoms with Gasteiger partial charge >= 0.3 is 5.97 Å². The summed E-state index contributed by atoms with van der Waals surface area (Å²) in [6.07, 6.45) is 12.1. The number of aliphatic hydroxyl groups excluding tert-OH is 1. The molecular weight excluding hydrogens is 376 g/mol. The molecule has 0 saturated heterocycles. The van der Waals surface area contributed by atoms with Gasteiger partial charge in [-0.2, -0.15) is 0 Å². The zero-order valence-corrected chi connectivity index (χ0v) is 19.8. The summed E-state index contributed by atoms with van der Waals surface area (Å²) in [5.41, 5.74) is 5.83. The maximum absolute atomic E-state index is 12.6. The van der Waals surface area contributed by atoms with Gasteiger partial charge in [0.2, 0.25) is 0 Å². The molecule has 0 fully saturated rings. The van der Waals surface area contributed by atoms with Crippen LogP contribution < -0.4 is 4.74 Å². The number of carbonyl (C=O) groups excluding carboxylic acids is 1. The summed E-state index contributed by atoms with van der Waals surface area (Å²) >= 11 is 0. The van der Waals surface area contributed by atoms with E-state index in [1.807, 2.05) is 6.07 Å². The molecule has 0 aliphatic carbocycles. The topological polar surface area (TPSA) is 55.8 Å². The van der Waals surface area contributed by atoms with Crippen molar-refractivity contribution in [2.45, 2.75) is 85.7 Å². The Morgan fingerprint density at radius 2 is 1.77 bits per heavy atom. The largest absolute Gasteiger partial charge is 0.496 e. The molecule has 1 N–H and O–H groups in total. The lowest BCUT2D eigenvalue weighted by atomic mass is 9.91. The third-order valence-corrected chi connectivity index (χ3v) is 5.35. The van der Waals surface area contributed by atoms with Crippen LogP contribution in [0.1, 0.15) is 93.3 Å². The van der Waals surface area contributed by atoms with Gasteiger partial charge in [-0.1, -0.05) is 49.1 Å². The second-order valence-electron chi connectivity index (χ2n) is 8.10. The number of unbranched alkanes of at least 4 members (excludes halogenated alkanes) is 2. The molecule has 0 amide bonds. The van der Waals surface area contributed by atoms with Crippen LogP contribution in [0.3, 0.4) is 0 Å². The number of allylic oxidation sites excluding steroid dienone is 4. The van der Waals surface area contributed by atoms with E-state index in [1.54, 1.807) is 7.11 Å². The number of aryl methyl sites for hydroxylation is 1. The highest BCUT2D eigenvalue weighted by Gasteiger charge is 2.23. The highest BCUT2D eigenvalue weighted by molar-refractivity contribution is 5.95. The lowest BCUT2D eigenvalue weighted by Crippen LogP contribution is -2.13. The fraction of sp³-hybridized carbons (Fsp3) is 0.577. The van der Waals surface area contributed by atoms with Gasteiger partial charge in [-0.25, -0.2) is 4.79 Å². The highest BCUT2D eigenvalue weighted by atomic mass is 16.5. The minimum atomic E-state index is -0.377. The Balaban J connectivity index is 3.17. The average molecular weight is 417 g/mol. The van der Waals surface area contributed by atoms with Crippen molar-refractivity contribution in [3.63, 3.8) is 0 Å². The third kappa shape index (κ3) is 7.98. The maximum atomic E-state index is 12.6. The summed E-state index contributed by atoms with van der Waals surface area (Å²) in [4.78, 5) is 12.6. The van der Waals surface area contributed by atoms with Crippen molar-refractivity contribution in [3.05, 3.63) is 51.6 Å². The normalized spacial score (nSPS) is 11.4. The summed E-state index contributed by atoms with van der Waals surface area (Å²) in [7, 11) is 2.98. The first-order chi connectivity index (χ1) is 14.4. The minimum Gasteiger partial charge on any atom is -0.496 e. The fourth-order valence-corrected chi connectivity index (χ4v) is 3.69. The molecule has 4 nitrogen and oxygen atoms in total. The summed E-state index contributed by atoms with van der Waals surface area (Å²) < 4.78 is 10.8. The number of rotatable bonds is 13. The Morgan fingerprint density at radius 3 is 2.33 bits per heavy atom. The zero-order valence-electron chi connectivity index (χ0n) is 19.8. The Kier molecular flexibility index (Phi) is 12.1. The monoisotopic (exact) mass is 416 g/mol. The molecule has 0 radical (unpaired) electrons. The van der Waals surface area contributed by atoms with Gasteiger partial charge in [0.1, 0.15) is 11.3 Å². The molecule has 0 aromatic heterocycles. The molecule has 1 aromatic carbocycles. The molecule has 0 spiro atoms. The number of benzene rings is 1. The van der Waals surface area contributed by atoms with Crippen LogP contribution in [0.4, 0.5) is 0 Å². The third-order valence-electron chi connectivity index (χ3n) is 5.35. The molecule has 1 rings (SSSR count). The summed E-state index contributed by atoms with van der Waals surface area (Å²) in [5.74, 6) is 0.174. The number of carbonyl (C=O) groups is 1. The van der Waals surface area contributed by atoms with Gasteiger partial charge in [-0.3, -0.25) is 0 Å². The number of hydrogen-bond acceptors (Lipinski definition) is 4. The van der Waals surface area contributed by atoms with Crippen molar-refractivity contribution < 1.29 is 19.4 Å². The number of esters is 1. The molecule has 0 saturated carbocycles. The first kappa shape index (κ1) is 26.0. The van der Waals surface area contributed by atoms with E-state index in [-0.39, 0.29) is 12.6 Å². The quantitative estimate of drug-likeness (QED) is 0.232. The van der Waals surface area contributed by atoms with Gasteiger partial charge in [-0.05, 0) is 70.4 Å². The van der Waals surface area contributed by atoms with Crippen LogP contribution in [0.5, 0.6) is 5.75 Å². The Labute approximate surface area is 183 Å². The molecule has 0 unspecified atom stereocenters. The van der Waals surface area contributed by atoms with E-state index in [2.05, 4.69) is 39.8 Å². The predicted molar refractivity (Wildman–Crippen MR) is 124 cm³/mol. The summed E-state index contributed by atoms with van der Waals surface area (Å²) in [5, 5.41) is 10.0. The number of aliphatic hydroxyl groups is 1. The van der Waals surface area contributed by atoms with Crippen LogP contribution in [0.2, 0.25) is 0 Å². The number of ether oxygens (including phenoxy) is 2. The van der Waals surface area contributed by atoms with Crippen LogP contribution in [0.15, 0.2) is 29.4 Å². The first-order valence-electron chi connectivity index (χ1n) is 11.1. The summed E-state index contributed by atoms with van der Waals surface area (Å²) in [6, 6.07) is 1.96. The predicted octanol–water partition coefficient (Wildman–Crippen LogP) is 6.33. The average Bonchev–Trinajstić information content (AvgIpc) is 2.72. The highest BCUT2D eigenvalue weighted by Crippen LogP contribution is 2.34. The molecular formula is C26H40O4. The smallest absolute Gasteiger partial charge is 0.341 e. The van der Waals surface area contributed by atoms with E-state index in [1.165, 1.54) is 18.3 Å². The van der Waals surface area contributed by atoms with Crippen molar-refractivity contribution in [1.29, 1.82) is 0 Å². The molecule has 30 heavy (non-hydrogen) atoms. The number of methoxy groups -OCH3 is 2. The molecule has 0 heterocycles. The number of hydrogen-bond donors (Lipinski definition) is 1. The van der Waals surface area contributed by atoms with Gasteiger partial charge in [-0.15, -0.1) is 0 Å². The first-order valence-corrected chi connectivity index (χ1v) is 11.1. The maximum Gasteiger partial charge on any atom is 0.341 e.